The monoisotopic (exact) mass is 263 g/mol. The summed E-state index contributed by atoms with van der Waals surface area (Å²) in [5.41, 5.74) is 7.82. The molecule has 0 spiro atoms. The Balaban J connectivity index is 2.17. The van der Waals surface area contributed by atoms with Crippen LogP contribution in [-0.2, 0) is 0 Å². The first-order valence-corrected chi connectivity index (χ1v) is 7.22. The average Bonchev–Trinajstić information content (AvgIpc) is 2.56. The zero-order valence-corrected chi connectivity index (χ0v) is 12.6. The Kier molecular flexibility index (Phi) is 3.13. The maximum absolute atomic E-state index is 2.32. The molecule has 0 bridgehead atoms. The lowest BCUT2D eigenvalue weighted by Gasteiger charge is -2.23. The third kappa shape index (κ3) is 2.14. The van der Waals surface area contributed by atoms with Crippen LogP contribution in [0.15, 0.2) is 36.4 Å². The lowest BCUT2D eigenvalue weighted by atomic mass is 10.00. The Morgan fingerprint density at radius 3 is 2.35 bits per heavy atom. The summed E-state index contributed by atoms with van der Waals surface area (Å²) >= 11 is 0. The summed E-state index contributed by atoms with van der Waals surface area (Å²) in [6.45, 7) is 6.63. The van der Waals surface area contributed by atoms with Crippen molar-refractivity contribution in [3.8, 4) is 0 Å². The van der Waals surface area contributed by atoms with E-state index in [0.29, 0.717) is 5.92 Å². The van der Waals surface area contributed by atoms with Crippen molar-refractivity contribution < 1.29 is 0 Å². The van der Waals surface area contributed by atoms with E-state index in [4.69, 9.17) is 0 Å². The first-order valence-electron chi connectivity index (χ1n) is 7.22. The number of anilines is 2. The molecule has 0 aliphatic carbocycles. The van der Waals surface area contributed by atoms with Gasteiger partial charge in [-0.25, -0.2) is 0 Å². The van der Waals surface area contributed by atoms with Gasteiger partial charge in [-0.3, -0.25) is 0 Å². The third-order valence-electron chi connectivity index (χ3n) is 4.07. The SMILES string of the molecule is Cc1ccc2c(c1)C=Cc1ccc(C(C)C)cc1N2C. The Morgan fingerprint density at radius 1 is 0.850 bits per heavy atom. The highest BCUT2D eigenvalue weighted by Gasteiger charge is 2.15. The molecule has 0 unspecified atom stereocenters. The van der Waals surface area contributed by atoms with Gasteiger partial charge in [-0.15, -0.1) is 0 Å². The van der Waals surface area contributed by atoms with E-state index in [1.54, 1.807) is 0 Å². The van der Waals surface area contributed by atoms with E-state index in [1.807, 2.05) is 0 Å². The van der Waals surface area contributed by atoms with Gasteiger partial charge < -0.3 is 4.90 Å². The number of fused-ring (bicyclic) bond motifs is 2. The van der Waals surface area contributed by atoms with Crippen LogP contribution in [-0.4, -0.2) is 7.05 Å². The van der Waals surface area contributed by atoms with Gasteiger partial charge in [0.25, 0.3) is 0 Å². The number of hydrogen-bond acceptors (Lipinski definition) is 1. The van der Waals surface area contributed by atoms with Crippen LogP contribution in [0.3, 0.4) is 0 Å². The van der Waals surface area contributed by atoms with Crippen LogP contribution in [0.4, 0.5) is 11.4 Å². The van der Waals surface area contributed by atoms with E-state index in [2.05, 4.69) is 81.3 Å². The van der Waals surface area contributed by atoms with Crippen LogP contribution in [0.2, 0.25) is 0 Å². The molecule has 0 aromatic heterocycles. The minimum absolute atomic E-state index is 0.554. The van der Waals surface area contributed by atoms with E-state index in [0.717, 1.165) is 0 Å². The summed E-state index contributed by atoms with van der Waals surface area (Å²) in [6.07, 6.45) is 4.45. The molecule has 0 N–H and O–H groups in total. The van der Waals surface area contributed by atoms with Crippen molar-refractivity contribution in [2.45, 2.75) is 26.7 Å². The van der Waals surface area contributed by atoms with E-state index in [9.17, 15) is 0 Å². The number of nitrogens with zero attached hydrogens (tertiary/aromatic N) is 1. The van der Waals surface area contributed by atoms with Crippen LogP contribution < -0.4 is 4.90 Å². The molecule has 0 saturated carbocycles. The molecule has 2 aromatic carbocycles. The quantitative estimate of drug-likeness (QED) is 0.668. The molecule has 20 heavy (non-hydrogen) atoms. The molecular weight excluding hydrogens is 242 g/mol. The second-order valence-corrected chi connectivity index (χ2v) is 5.93. The molecule has 1 nitrogen and oxygen atoms in total. The van der Waals surface area contributed by atoms with Gasteiger partial charge in [0, 0.05) is 18.4 Å². The van der Waals surface area contributed by atoms with Gasteiger partial charge >= 0.3 is 0 Å². The first kappa shape index (κ1) is 13.0. The van der Waals surface area contributed by atoms with Gasteiger partial charge in [0.1, 0.15) is 0 Å². The summed E-state index contributed by atoms with van der Waals surface area (Å²) in [6, 6.07) is 13.4. The van der Waals surface area contributed by atoms with Crippen LogP contribution >= 0.6 is 0 Å². The molecule has 0 saturated heterocycles. The van der Waals surface area contributed by atoms with Crippen molar-refractivity contribution >= 4 is 23.5 Å². The van der Waals surface area contributed by atoms with Gasteiger partial charge in [-0.05, 0) is 47.7 Å². The van der Waals surface area contributed by atoms with Crippen molar-refractivity contribution in [3.05, 3.63) is 58.7 Å². The minimum Gasteiger partial charge on any atom is -0.344 e. The summed E-state index contributed by atoms with van der Waals surface area (Å²) < 4.78 is 0. The zero-order valence-electron chi connectivity index (χ0n) is 12.6. The molecule has 1 aliphatic heterocycles. The number of aryl methyl sites for hydroxylation is 1. The molecule has 102 valence electrons. The van der Waals surface area contributed by atoms with Crippen molar-refractivity contribution in [1.29, 1.82) is 0 Å². The second-order valence-electron chi connectivity index (χ2n) is 5.93. The second kappa shape index (κ2) is 4.82. The summed E-state index contributed by atoms with van der Waals surface area (Å²) in [5.74, 6) is 0.554. The third-order valence-corrected chi connectivity index (χ3v) is 4.07. The molecule has 3 rings (SSSR count). The highest BCUT2D eigenvalue weighted by atomic mass is 15.1. The molecule has 1 aliphatic rings. The predicted octanol–water partition coefficient (Wildman–Crippen LogP) is 5.37. The zero-order chi connectivity index (χ0) is 14.3. The lowest BCUT2D eigenvalue weighted by molar-refractivity contribution is 0.866. The fraction of sp³-hybridized carbons (Fsp3) is 0.263. The van der Waals surface area contributed by atoms with Crippen LogP contribution in [0.1, 0.15) is 42.0 Å². The number of rotatable bonds is 1. The van der Waals surface area contributed by atoms with E-state index in [1.165, 1.54) is 33.6 Å². The molecule has 2 aromatic rings. The normalized spacial score (nSPS) is 13.2. The van der Waals surface area contributed by atoms with E-state index in [-0.39, 0.29) is 0 Å². The Morgan fingerprint density at radius 2 is 1.60 bits per heavy atom. The summed E-state index contributed by atoms with van der Waals surface area (Å²) in [4.78, 5) is 2.30. The van der Waals surface area contributed by atoms with Crippen LogP contribution in [0.5, 0.6) is 0 Å². The van der Waals surface area contributed by atoms with Crippen molar-refractivity contribution in [1.82, 2.24) is 0 Å². The molecule has 0 radical (unpaired) electrons. The van der Waals surface area contributed by atoms with Crippen molar-refractivity contribution in [2.75, 3.05) is 11.9 Å². The summed E-state index contributed by atoms with van der Waals surface area (Å²) in [7, 11) is 2.16. The smallest absolute Gasteiger partial charge is 0.0484 e. The maximum Gasteiger partial charge on any atom is 0.0484 e. The molecule has 0 fully saturated rings. The summed E-state index contributed by atoms with van der Waals surface area (Å²) in [5, 5.41) is 0. The average molecular weight is 263 g/mol. The number of hydrogen-bond donors (Lipinski definition) is 0. The van der Waals surface area contributed by atoms with Gasteiger partial charge in [-0.2, -0.15) is 0 Å². The van der Waals surface area contributed by atoms with Crippen molar-refractivity contribution in [2.24, 2.45) is 0 Å². The van der Waals surface area contributed by atoms with Crippen LogP contribution in [0, 0.1) is 6.92 Å². The molecular formula is C19H21N. The topological polar surface area (TPSA) is 3.24 Å². The Labute approximate surface area is 121 Å². The van der Waals surface area contributed by atoms with E-state index < -0.39 is 0 Å². The van der Waals surface area contributed by atoms with Crippen LogP contribution in [0.25, 0.3) is 12.2 Å². The van der Waals surface area contributed by atoms with Gasteiger partial charge in [0.15, 0.2) is 0 Å². The first-order chi connectivity index (χ1) is 9.56. The lowest BCUT2D eigenvalue weighted by Crippen LogP contribution is -2.11. The molecule has 0 atom stereocenters. The largest absolute Gasteiger partial charge is 0.344 e. The Hall–Kier alpha value is -2.02. The highest BCUT2D eigenvalue weighted by molar-refractivity contribution is 5.88. The predicted molar refractivity (Wildman–Crippen MR) is 88.7 cm³/mol. The minimum atomic E-state index is 0.554. The molecule has 1 heterocycles. The number of benzene rings is 2. The van der Waals surface area contributed by atoms with Gasteiger partial charge in [-0.1, -0.05) is 49.8 Å². The highest BCUT2D eigenvalue weighted by Crippen LogP contribution is 2.36. The molecule has 1 heteroatoms. The van der Waals surface area contributed by atoms with E-state index >= 15 is 0 Å². The van der Waals surface area contributed by atoms with Crippen molar-refractivity contribution in [3.63, 3.8) is 0 Å². The molecule has 0 amide bonds. The fourth-order valence-corrected chi connectivity index (χ4v) is 2.77. The van der Waals surface area contributed by atoms with Gasteiger partial charge in [0.2, 0.25) is 0 Å². The standard InChI is InChI=1S/C19H21N/c1-13(2)16-8-6-15-7-9-17-11-14(3)5-10-18(17)20(4)19(15)12-16/h5-13H,1-4H3. The maximum atomic E-state index is 2.32. The van der Waals surface area contributed by atoms with Gasteiger partial charge in [0.05, 0.1) is 0 Å². The Bertz CT molecular complexity index is 680. The fourth-order valence-electron chi connectivity index (χ4n) is 2.77.